The molecule has 0 bridgehead atoms. The first-order chi connectivity index (χ1) is 10.1. The molecule has 1 aliphatic heterocycles. The van der Waals surface area contributed by atoms with Gasteiger partial charge in [0.1, 0.15) is 5.75 Å². The molecule has 3 rings (SSSR count). The zero-order valence-electron chi connectivity index (χ0n) is 12.3. The van der Waals surface area contributed by atoms with E-state index in [4.69, 9.17) is 14.1 Å². The van der Waals surface area contributed by atoms with Gasteiger partial charge in [0, 0.05) is 12.8 Å². The summed E-state index contributed by atoms with van der Waals surface area (Å²) in [5.41, 5.74) is 1.37. The highest BCUT2D eigenvalue weighted by molar-refractivity contribution is 5.83. The lowest BCUT2D eigenvalue weighted by Gasteiger charge is -2.15. The molecular weight excluding hydrogens is 270 g/mol. The summed E-state index contributed by atoms with van der Waals surface area (Å²) in [6.07, 6.45) is 1.26. The number of rotatable bonds is 4. The molecule has 0 spiro atoms. The predicted octanol–water partition coefficient (Wildman–Crippen LogP) is 2.68. The molecule has 0 N–H and O–H groups in total. The van der Waals surface area contributed by atoms with Crippen molar-refractivity contribution in [3.63, 3.8) is 0 Å². The topological polar surface area (TPSA) is 69.7 Å². The molecule has 6 nitrogen and oxygen atoms in total. The van der Waals surface area contributed by atoms with Gasteiger partial charge in [-0.05, 0) is 31.5 Å². The highest BCUT2D eigenvalue weighted by Gasteiger charge is 2.40. The van der Waals surface area contributed by atoms with Crippen LogP contribution in [0.1, 0.15) is 37.5 Å². The molecule has 21 heavy (non-hydrogen) atoms. The van der Waals surface area contributed by atoms with Crippen molar-refractivity contribution in [3.05, 3.63) is 41.5 Å². The Hall–Kier alpha value is -2.37. The third-order valence-corrected chi connectivity index (χ3v) is 3.44. The number of nitrogens with zero attached hydrogens (tertiary/aromatic N) is 3. The largest absolute Gasteiger partial charge is 0.497 e. The van der Waals surface area contributed by atoms with Crippen LogP contribution in [0.3, 0.4) is 0 Å². The second kappa shape index (κ2) is 5.20. The molecule has 1 atom stereocenters. The number of hydrogen-bond acceptors (Lipinski definition) is 6. The van der Waals surface area contributed by atoms with Crippen LogP contribution in [0, 0.1) is 0 Å². The molecule has 0 aliphatic carbocycles. The van der Waals surface area contributed by atoms with Crippen LogP contribution in [0.5, 0.6) is 5.75 Å². The minimum atomic E-state index is -0.644. The molecule has 110 valence electrons. The smallest absolute Gasteiger partial charge is 0.273 e. The van der Waals surface area contributed by atoms with E-state index < -0.39 is 5.60 Å². The average molecular weight is 287 g/mol. The van der Waals surface area contributed by atoms with Crippen LogP contribution in [-0.4, -0.2) is 23.0 Å². The van der Waals surface area contributed by atoms with E-state index in [-0.39, 0.29) is 0 Å². The molecule has 0 saturated heterocycles. The van der Waals surface area contributed by atoms with Crippen molar-refractivity contribution in [3.8, 4) is 5.75 Å². The number of hydrogen-bond donors (Lipinski definition) is 0. The van der Waals surface area contributed by atoms with Crippen LogP contribution in [0.4, 0.5) is 0 Å². The molecule has 0 amide bonds. The highest BCUT2D eigenvalue weighted by Crippen LogP contribution is 2.33. The Bertz CT molecular complexity index is 663. The monoisotopic (exact) mass is 287 g/mol. The van der Waals surface area contributed by atoms with Gasteiger partial charge in [0.15, 0.2) is 5.82 Å². The van der Waals surface area contributed by atoms with E-state index >= 15 is 0 Å². The minimum absolute atomic E-state index is 0.464. The summed E-state index contributed by atoms with van der Waals surface area (Å²) in [7, 11) is 1.65. The number of oxime groups is 1. The summed E-state index contributed by atoms with van der Waals surface area (Å²) in [5, 5.41) is 7.97. The normalized spacial score (nSPS) is 21.0. The van der Waals surface area contributed by atoms with Crippen LogP contribution >= 0.6 is 0 Å². The molecule has 0 fully saturated rings. The van der Waals surface area contributed by atoms with Crippen molar-refractivity contribution in [1.29, 1.82) is 0 Å². The quantitative estimate of drug-likeness (QED) is 0.864. The van der Waals surface area contributed by atoms with Gasteiger partial charge in [-0.1, -0.05) is 22.4 Å². The van der Waals surface area contributed by atoms with E-state index in [0.717, 1.165) is 17.0 Å². The van der Waals surface area contributed by atoms with Gasteiger partial charge in [0.25, 0.3) is 5.89 Å². The summed E-state index contributed by atoms with van der Waals surface area (Å²) in [6, 6.07) is 7.79. The van der Waals surface area contributed by atoms with E-state index in [2.05, 4.69) is 15.3 Å². The summed E-state index contributed by atoms with van der Waals surface area (Å²) in [5.74, 6) is 1.92. The number of ether oxygens (including phenoxy) is 1. The molecule has 1 aromatic carbocycles. The minimum Gasteiger partial charge on any atom is -0.497 e. The van der Waals surface area contributed by atoms with Crippen molar-refractivity contribution in [2.45, 2.75) is 32.3 Å². The lowest BCUT2D eigenvalue weighted by molar-refractivity contribution is -0.0313. The third kappa shape index (κ3) is 2.74. The molecule has 2 aromatic rings. The molecule has 6 heteroatoms. The fraction of sp³-hybridized carbons (Fsp3) is 0.400. The Morgan fingerprint density at radius 1 is 1.29 bits per heavy atom. The van der Waals surface area contributed by atoms with Crippen LogP contribution in [-0.2, 0) is 16.9 Å². The maximum absolute atomic E-state index is 5.41. The molecular formula is C15H17N3O3. The predicted molar refractivity (Wildman–Crippen MR) is 76.3 cm³/mol. The number of benzene rings is 1. The lowest BCUT2D eigenvalue weighted by atomic mass is 10.0. The fourth-order valence-corrected chi connectivity index (χ4v) is 2.31. The van der Waals surface area contributed by atoms with Crippen molar-refractivity contribution in [2.24, 2.45) is 5.16 Å². The lowest BCUT2D eigenvalue weighted by Crippen LogP contribution is -2.21. The van der Waals surface area contributed by atoms with E-state index in [1.807, 2.05) is 38.1 Å². The standard InChI is InChI=1S/C15H17N3O3/c1-10-9-15(2,21-17-10)14-16-13(18-20-14)8-11-4-6-12(19-3)7-5-11/h4-7H,8-9H2,1-3H3. The molecule has 0 radical (unpaired) electrons. The molecule has 1 aromatic heterocycles. The van der Waals surface area contributed by atoms with Crippen LogP contribution in [0.15, 0.2) is 33.9 Å². The molecule has 0 saturated carbocycles. The van der Waals surface area contributed by atoms with Crippen LogP contribution in [0.25, 0.3) is 0 Å². The Kier molecular flexibility index (Phi) is 3.37. The van der Waals surface area contributed by atoms with Crippen LogP contribution < -0.4 is 4.74 Å². The van der Waals surface area contributed by atoms with E-state index in [1.165, 1.54) is 0 Å². The first kappa shape index (κ1) is 13.6. The summed E-state index contributed by atoms with van der Waals surface area (Å²) < 4.78 is 10.5. The molecule has 1 unspecified atom stereocenters. The summed E-state index contributed by atoms with van der Waals surface area (Å²) in [4.78, 5) is 9.84. The summed E-state index contributed by atoms with van der Waals surface area (Å²) in [6.45, 7) is 3.82. The number of methoxy groups -OCH3 is 1. The van der Waals surface area contributed by atoms with Crippen molar-refractivity contribution < 1.29 is 14.1 Å². The third-order valence-electron chi connectivity index (χ3n) is 3.44. The SMILES string of the molecule is COc1ccc(Cc2noc(C3(C)CC(C)=NO3)n2)cc1. The van der Waals surface area contributed by atoms with Crippen LogP contribution in [0.2, 0.25) is 0 Å². The molecule has 2 heterocycles. The van der Waals surface area contributed by atoms with Gasteiger partial charge in [-0.2, -0.15) is 4.98 Å². The number of aromatic nitrogens is 2. The Morgan fingerprint density at radius 2 is 2.05 bits per heavy atom. The van der Waals surface area contributed by atoms with Gasteiger partial charge < -0.3 is 14.1 Å². The Morgan fingerprint density at radius 3 is 2.67 bits per heavy atom. The second-order valence-corrected chi connectivity index (χ2v) is 5.37. The van der Waals surface area contributed by atoms with Gasteiger partial charge in [-0.3, -0.25) is 0 Å². The van der Waals surface area contributed by atoms with Crippen molar-refractivity contribution >= 4 is 5.71 Å². The average Bonchev–Trinajstić information content (AvgIpc) is 3.08. The van der Waals surface area contributed by atoms with E-state index in [1.54, 1.807) is 7.11 Å². The maximum Gasteiger partial charge on any atom is 0.273 e. The first-order valence-electron chi connectivity index (χ1n) is 6.77. The van der Waals surface area contributed by atoms with Crippen molar-refractivity contribution in [1.82, 2.24) is 10.1 Å². The second-order valence-electron chi connectivity index (χ2n) is 5.37. The first-order valence-corrected chi connectivity index (χ1v) is 6.77. The van der Waals surface area contributed by atoms with Crippen molar-refractivity contribution in [2.75, 3.05) is 7.11 Å². The van der Waals surface area contributed by atoms with Gasteiger partial charge >= 0.3 is 0 Å². The zero-order chi connectivity index (χ0) is 14.9. The van der Waals surface area contributed by atoms with Gasteiger partial charge in [-0.25, -0.2) is 0 Å². The van der Waals surface area contributed by atoms with Gasteiger partial charge in [0.2, 0.25) is 5.60 Å². The van der Waals surface area contributed by atoms with Gasteiger partial charge in [-0.15, -0.1) is 0 Å². The summed E-state index contributed by atoms with van der Waals surface area (Å²) >= 11 is 0. The van der Waals surface area contributed by atoms with E-state index in [9.17, 15) is 0 Å². The highest BCUT2D eigenvalue weighted by atomic mass is 16.7. The maximum atomic E-state index is 5.41. The van der Waals surface area contributed by atoms with E-state index in [0.29, 0.717) is 24.6 Å². The molecule has 1 aliphatic rings. The Labute approximate surface area is 122 Å². The zero-order valence-corrected chi connectivity index (χ0v) is 12.3. The van der Waals surface area contributed by atoms with Gasteiger partial charge in [0.05, 0.1) is 12.8 Å². The fourth-order valence-electron chi connectivity index (χ4n) is 2.31. The Balaban J connectivity index is 1.73.